The van der Waals surface area contributed by atoms with Crippen LogP contribution >= 0.6 is 0 Å². The molecule has 0 bridgehead atoms. The average molecular weight is 408 g/mol. The molecule has 0 atom stereocenters. The Labute approximate surface area is 167 Å². The van der Waals surface area contributed by atoms with E-state index in [4.69, 9.17) is 0 Å². The number of nitrogens with one attached hydrogen (secondary N) is 2. The summed E-state index contributed by atoms with van der Waals surface area (Å²) in [5.41, 5.74) is 2.86. The first kappa shape index (κ1) is 22.4. The molecule has 5 nitrogen and oxygen atoms in total. The van der Waals surface area contributed by atoms with Gasteiger partial charge < -0.3 is 15.4 Å². The fraction of sp³-hybridized carbons (Fsp3) is 0.333. The number of alkyl halides is 3. The summed E-state index contributed by atoms with van der Waals surface area (Å²) in [4.78, 5) is 24.0. The number of aryl methyl sites for hydroxylation is 1. The Morgan fingerprint density at radius 2 is 1.62 bits per heavy atom. The molecule has 2 aromatic carbocycles. The highest BCUT2D eigenvalue weighted by Crippen LogP contribution is 2.15. The number of amides is 2. The minimum atomic E-state index is -4.34. The van der Waals surface area contributed by atoms with E-state index in [1.165, 1.54) is 0 Å². The minimum Gasteiger partial charge on any atom is -0.367 e. The van der Waals surface area contributed by atoms with Crippen molar-refractivity contribution in [3.8, 4) is 0 Å². The summed E-state index contributed by atoms with van der Waals surface area (Å²) in [7, 11) is 0. The quantitative estimate of drug-likeness (QED) is 0.667. The van der Waals surface area contributed by atoms with Gasteiger partial charge in [-0.15, -0.1) is 0 Å². The molecular weight excluding hydrogens is 385 g/mol. The molecule has 2 aromatic rings. The monoisotopic (exact) mass is 408 g/mol. The van der Waals surface area contributed by atoms with Gasteiger partial charge in [0.05, 0.1) is 6.61 Å². The first-order valence-electron chi connectivity index (χ1n) is 9.07. The number of hydrogen-bond donors (Lipinski definition) is 2. The van der Waals surface area contributed by atoms with Gasteiger partial charge in [-0.3, -0.25) is 9.59 Å². The van der Waals surface area contributed by atoms with E-state index in [1.807, 2.05) is 19.1 Å². The number of carbonyl (C=O) groups is 2. The van der Waals surface area contributed by atoms with E-state index < -0.39 is 12.8 Å². The van der Waals surface area contributed by atoms with Crippen molar-refractivity contribution in [3.05, 3.63) is 70.8 Å². The van der Waals surface area contributed by atoms with Gasteiger partial charge in [-0.25, -0.2) is 0 Å². The normalized spacial score (nSPS) is 11.2. The average Bonchev–Trinajstić information content (AvgIpc) is 2.66. The van der Waals surface area contributed by atoms with Gasteiger partial charge in [-0.2, -0.15) is 13.2 Å². The fourth-order valence-corrected chi connectivity index (χ4v) is 2.54. The standard InChI is InChI=1S/C21H23F3N2O3/c1-15-4-2-3-5-18(15)20(28)25-11-10-19(27)26-12-16-6-8-17(9-7-16)13-29-14-21(22,23)24/h2-9H,10-14H2,1H3,(H,25,28)(H,26,27). The van der Waals surface area contributed by atoms with Crippen molar-refractivity contribution in [1.29, 1.82) is 0 Å². The first-order valence-corrected chi connectivity index (χ1v) is 9.07. The van der Waals surface area contributed by atoms with Crippen LogP contribution in [0, 0.1) is 6.92 Å². The molecule has 0 saturated heterocycles. The Morgan fingerprint density at radius 3 is 2.28 bits per heavy atom. The highest BCUT2D eigenvalue weighted by molar-refractivity contribution is 5.95. The summed E-state index contributed by atoms with van der Waals surface area (Å²) in [5.74, 6) is -0.438. The molecule has 0 aliphatic heterocycles. The van der Waals surface area contributed by atoms with Crippen LogP contribution in [0.3, 0.4) is 0 Å². The second kappa shape index (κ2) is 10.6. The maximum Gasteiger partial charge on any atom is 0.411 e. The molecular formula is C21H23F3N2O3. The summed E-state index contributed by atoms with van der Waals surface area (Å²) >= 11 is 0. The summed E-state index contributed by atoms with van der Waals surface area (Å²) in [6.45, 7) is 0.927. The number of hydrogen-bond acceptors (Lipinski definition) is 3. The van der Waals surface area contributed by atoms with E-state index in [2.05, 4.69) is 15.4 Å². The Hall–Kier alpha value is -2.87. The Kier molecular flexibility index (Phi) is 8.21. The zero-order valence-corrected chi connectivity index (χ0v) is 16.0. The topological polar surface area (TPSA) is 67.4 Å². The maximum atomic E-state index is 12.1. The van der Waals surface area contributed by atoms with Gasteiger partial charge in [-0.05, 0) is 29.7 Å². The molecule has 0 heterocycles. The highest BCUT2D eigenvalue weighted by Gasteiger charge is 2.27. The first-order chi connectivity index (χ1) is 13.7. The van der Waals surface area contributed by atoms with Gasteiger partial charge in [0.15, 0.2) is 0 Å². The molecule has 2 amide bonds. The minimum absolute atomic E-state index is 0.132. The predicted molar refractivity (Wildman–Crippen MR) is 102 cm³/mol. The van der Waals surface area contributed by atoms with Gasteiger partial charge >= 0.3 is 6.18 Å². The molecule has 2 N–H and O–H groups in total. The summed E-state index contributed by atoms with van der Waals surface area (Å²) in [6.07, 6.45) is -4.20. The van der Waals surface area contributed by atoms with E-state index in [0.717, 1.165) is 11.1 Å². The number of carbonyl (C=O) groups excluding carboxylic acids is 2. The molecule has 29 heavy (non-hydrogen) atoms. The molecule has 0 radical (unpaired) electrons. The third-order valence-corrected chi connectivity index (χ3v) is 4.07. The van der Waals surface area contributed by atoms with Crippen LogP contribution in [-0.2, 0) is 22.7 Å². The lowest BCUT2D eigenvalue weighted by molar-refractivity contribution is -0.176. The predicted octanol–water partition coefficient (Wildman–Crippen LogP) is 3.51. The Balaban J connectivity index is 1.67. The van der Waals surface area contributed by atoms with Gasteiger partial charge in [0, 0.05) is 25.1 Å². The fourth-order valence-electron chi connectivity index (χ4n) is 2.54. The van der Waals surface area contributed by atoms with Crippen molar-refractivity contribution < 1.29 is 27.5 Å². The summed E-state index contributed by atoms with van der Waals surface area (Å²) in [6, 6.07) is 13.9. The zero-order valence-electron chi connectivity index (χ0n) is 16.0. The van der Waals surface area contributed by atoms with E-state index >= 15 is 0 Å². The van der Waals surface area contributed by atoms with Crippen LogP contribution in [0.4, 0.5) is 13.2 Å². The number of rotatable bonds is 9. The molecule has 2 rings (SSSR count). The lowest BCUT2D eigenvalue weighted by atomic mass is 10.1. The van der Waals surface area contributed by atoms with Crippen LogP contribution in [0.5, 0.6) is 0 Å². The second-order valence-corrected chi connectivity index (χ2v) is 6.52. The van der Waals surface area contributed by atoms with Crippen molar-refractivity contribution in [2.45, 2.75) is 32.7 Å². The van der Waals surface area contributed by atoms with E-state index in [9.17, 15) is 22.8 Å². The lowest BCUT2D eigenvalue weighted by Crippen LogP contribution is -2.30. The molecule has 8 heteroatoms. The lowest BCUT2D eigenvalue weighted by Gasteiger charge is -2.09. The van der Waals surface area contributed by atoms with Crippen LogP contribution in [-0.4, -0.2) is 31.1 Å². The van der Waals surface area contributed by atoms with Crippen molar-refractivity contribution in [2.75, 3.05) is 13.2 Å². The van der Waals surface area contributed by atoms with Crippen LogP contribution < -0.4 is 10.6 Å². The van der Waals surface area contributed by atoms with E-state index in [1.54, 1.807) is 36.4 Å². The van der Waals surface area contributed by atoms with Gasteiger partial charge in [0.25, 0.3) is 5.91 Å². The van der Waals surface area contributed by atoms with Crippen molar-refractivity contribution >= 4 is 11.8 Å². The molecule has 0 spiro atoms. The number of halogens is 3. The molecule has 0 aliphatic rings. The second-order valence-electron chi connectivity index (χ2n) is 6.52. The third-order valence-electron chi connectivity index (χ3n) is 4.07. The third kappa shape index (κ3) is 8.35. The van der Waals surface area contributed by atoms with Crippen molar-refractivity contribution in [1.82, 2.24) is 10.6 Å². The van der Waals surface area contributed by atoms with Crippen molar-refractivity contribution in [3.63, 3.8) is 0 Å². The zero-order chi connectivity index (χ0) is 21.3. The van der Waals surface area contributed by atoms with Crippen LogP contribution in [0.1, 0.15) is 33.5 Å². The molecule has 0 fully saturated rings. The molecule has 0 unspecified atom stereocenters. The van der Waals surface area contributed by atoms with E-state index in [-0.39, 0.29) is 37.9 Å². The van der Waals surface area contributed by atoms with Crippen LogP contribution in [0.25, 0.3) is 0 Å². The molecule has 0 aliphatic carbocycles. The largest absolute Gasteiger partial charge is 0.411 e. The SMILES string of the molecule is Cc1ccccc1C(=O)NCCC(=O)NCc1ccc(COCC(F)(F)F)cc1. The maximum absolute atomic E-state index is 12.1. The van der Waals surface area contributed by atoms with Crippen LogP contribution in [0.2, 0.25) is 0 Å². The molecule has 156 valence electrons. The molecule has 0 saturated carbocycles. The van der Waals surface area contributed by atoms with Crippen LogP contribution in [0.15, 0.2) is 48.5 Å². The summed E-state index contributed by atoms with van der Waals surface area (Å²) < 4.78 is 40.7. The summed E-state index contributed by atoms with van der Waals surface area (Å²) in [5, 5.41) is 5.45. The number of benzene rings is 2. The smallest absolute Gasteiger partial charge is 0.367 e. The Morgan fingerprint density at radius 1 is 0.966 bits per heavy atom. The van der Waals surface area contributed by atoms with Gasteiger partial charge in [0.2, 0.25) is 5.91 Å². The highest BCUT2D eigenvalue weighted by atomic mass is 19.4. The van der Waals surface area contributed by atoms with Gasteiger partial charge in [-0.1, -0.05) is 42.5 Å². The van der Waals surface area contributed by atoms with Gasteiger partial charge in [0.1, 0.15) is 6.61 Å². The Bertz CT molecular complexity index is 821. The van der Waals surface area contributed by atoms with E-state index in [0.29, 0.717) is 11.1 Å². The van der Waals surface area contributed by atoms with Crippen molar-refractivity contribution in [2.24, 2.45) is 0 Å². The molecule has 0 aromatic heterocycles. The number of ether oxygens (including phenoxy) is 1.